The fraction of sp³-hybridized carbons (Fsp3) is 1.00. The highest BCUT2D eigenvalue weighted by Crippen LogP contribution is 2.23. The fourth-order valence-electron chi connectivity index (χ4n) is 3.23. The molecular weight excluding hydrogens is 210 g/mol. The molecule has 3 atom stereocenters. The van der Waals surface area contributed by atoms with E-state index in [1.54, 1.807) is 0 Å². The smallest absolute Gasteiger partial charge is 0.0345 e. The normalized spacial score (nSPS) is 37.2. The van der Waals surface area contributed by atoms with Gasteiger partial charge in [0.2, 0.25) is 0 Å². The molecular formula is C14H29N3. The van der Waals surface area contributed by atoms with Gasteiger partial charge in [-0.3, -0.25) is 4.90 Å². The van der Waals surface area contributed by atoms with Gasteiger partial charge in [0.05, 0.1) is 0 Å². The van der Waals surface area contributed by atoms with Crippen molar-refractivity contribution in [2.45, 2.75) is 44.7 Å². The predicted octanol–water partition coefficient (Wildman–Crippen LogP) is 1.40. The maximum absolute atomic E-state index is 3.82. The first-order chi connectivity index (χ1) is 8.16. The Morgan fingerprint density at radius 3 is 2.65 bits per heavy atom. The number of nitrogens with one attached hydrogen (secondary N) is 1. The van der Waals surface area contributed by atoms with Crippen LogP contribution in [0.15, 0.2) is 0 Å². The van der Waals surface area contributed by atoms with Gasteiger partial charge in [0.15, 0.2) is 0 Å². The Bertz CT molecular complexity index is 232. The van der Waals surface area contributed by atoms with Gasteiger partial charge in [-0.05, 0) is 32.9 Å². The lowest BCUT2D eigenvalue weighted by atomic mass is 9.86. The molecule has 2 rings (SSSR count). The fourth-order valence-corrected chi connectivity index (χ4v) is 3.23. The zero-order valence-electron chi connectivity index (χ0n) is 11.8. The number of nitrogens with zero attached hydrogens (tertiary/aromatic N) is 2. The number of hydrogen-bond donors (Lipinski definition) is 1. The molecule has 0 amide bonds. The third kappa shape index (κ3) is 3.67. The SMILES string of the molecule is CC1CCCCC1NCC1CN(C)CCN1C. The number of rotatable bonds is 3. The van der Waals surface area contributed by atoms with E-state index in [1.807, 2.05) is 0 Å². The van der Waals surface area contributed by atoms with Crippen LogP contribution in [0, 0.1) is 5.92 Å². The molecule has 17 heavy (non-hydrogen) atoms. The highest BCUT2D eigenvalue weighted by Gasteiger charge is 2.25. The van der Waals surface area contributed by atoms with E-state index in [-0.39, 0.29) is 0 Å². The average molecular weight is 239 g/mol. The molecule has 1 saturated heterocycles. The Kier molecular flexibility index (Phi) is 4.83. The van der Waals surface area contributed by atoms with Gasteiger partial charge in [-0.2, -0.15) is 0 Å². The van der Waals surface area contributed by atoms with Crippen molar-refractivity contribution in [3.63, 3.8) is 0 Å². The van der Waals surface area contributed by atoms with E-state index in [1.165, 1.54) is 45.3 Å². The van der Waals surface area contributed by atoms with Crippen molar-refractivity contribution in [2.75, 3.05) is 40.3 Å². The van der Waals surface area contributed by atoms with Gasteiger partial charge in [0.25, 0.3) is 0 Å². The summed E-state index contributed by atoms with van der Waals surface area (Å²) in [4.78, 5) is 4.97. The van der Waals surface area contributed by atoms with E-state index in [0.717, 1.165) is 18.5 Å². The number of likely N-dealkylation sites (N-methyl/N-ethyl adjacent to an activating group) is 2. The highest BCUT2D eigenvalue weighted by atomic mass is 15.3. The van der Waals surface area contributed by atoms with Crippen LogP contribution in [0.1, 0.15) is 32.6 Å². The van der Waals surface area contributed by atoms with E-state index in [0.29, 0.717) is 6.04 Å². The van der Waals surface area contributed by atoms with Gasteiger partial charge in [-0.1, -0.05) is 19.8 Å². The maximum atomic E-state index is 3.82. The van der Waals surface area contributed by atoms with Crippen LogP contribution in [0.5, 0.6) is 0 Å². The zero-order valence-corrected chi connectivity index (χ0v) is 11.8. The summed E-state index contributed by atoms with van der Waals surface area (Å²) in [5, 5.41) is 3.82. The minimum Gasteiger partial charge on any atom is -0.312 e. The Labute approximate surface area is 107 Å². The van der Waals surface area contributed by atoms with Crippen molar-refractivity contribution >= 4 is 0 Å². The van der Waals surface area contributed by atoms with E-state index in [4.69, 9.17) is 0 Å². The molecule has 3 unspecified atom stereocenters. The molecule has 0 aromatic carbocycles. The van der Waals surface area contributed by atoms with Crippen molar-refractivity contribution in [3.05, 3.63) is 0 Å². The van der Waals surface area contributed by atoms with Crippen LogP contribution in [0.25, 0.3) is 0 Å². The van der Waals surface area contributed by atoms with E-state index in [2.05, 4.69) is 36.1 Å². The van der Waals surface area contributed by atoms with Gasteiger partial charge < -0.3 is 10.2 Å². The topological polar surface area (TPSA) is 18.5 Å². The lowest BCUT2D eigenvalue weighted by Crippen LogP contribution is -2.55. The summed E-state index contributed by atoms with van der Waals surface area (Å²) in [6.45, 7) is 7.21. The highest BCUT2D eigenvalue weighted by molar-refractivity contribution is 4.84. The summed E-state index contributed by atoms with van der Waals surface area (Å²) >= 11 is 0. The van der Waals surface area contributed by atoms with Gasteiger partial charge in [-0.25, -0.2) is 0 Å². The second-order valence-electron chi connectivity index (χ2n) is 6.17. The van der Waals surface area contributed by atoms with Gasteiger partial charge in [-0.15, -0.1) is 0 Å². The number of hydrogen-bond acceptors (Lipinski definition) is 3. The second-order valence-corrected chi connectivity index (χ2v) is 6.17. The van der Waals surface area contributed by atoms with Crippen molar-refractivity contribution < 1.29 is 0 Å². The molecule has 1 heterocycles. The van der Waals surface area contributed by atoms with E-state index < -0.39 is 0 Å². The monoisotopic (exact) mass is 239 g/mol. The van der Waals surface area contributed by atoms with Crippen molar-refractivity contribution in [3.8, 4) is 0 Å². The summed E-state index contributed by atoms with van der Waals surface area (Å²) in [6, 6.07) is 1.47. The van der Waals surface area contributed by atoms with Gasteiger partial charge in [0.1, 0.15) is 0 Å². The zero-order chi connectivity index (χ0) is 12.3. The van der Waals surface area contributed by atoms with E-state index >= 15 is 0 Å². The molecule has 3 heteroatoms. The van der Waals surface area contributed by atoms with Crippen LogP contribution in [0.3, 0.4) is 0 Å². The summed E-state index contributed by atoms with van der Waals surface area (Å²) in [5.41, 5.74) is 0. The van der Waals surface area contributed by atoms with Crippen LogP contribution in [0.4, 0.5) is 0 Å². The summed E-state index contributed by atoms with van der Waals surface area (Å²) in [5.74, 6) is 0.871. The molecule has 0 aromatic heterocycles. The molecule has 3 nitrogen and oxygen atoms in total. The summed E-state index contributed by atoms with van der Waals surface area (Å²) < 4.78 is 0. The van der Waals surface area contributed by atoms with Crippen molar-refractivity contribution in [1.82, 2.24) is 15.1 Å². The van der Waals surface area contributed by atoms with Crippen LogP contribution >= 0.6 is 0 Å². The van der Waals surface area contributed by atoms with Gasteiger partial charge in [0, 0.05) is 38.3 Å². The molecule has 0 aromatic rings. The average Bonchev–Trinajstić information content (AvgIpc) is 2.32. The lowest BCUT2D eigenvalue weighted by molar-refractivity contribution is 0.107. The molecule has 0 bridgehead atoms. The molecule has 0 radical (unpaired) electrons. The molecule has 100 valence electrons. The van der Waals surface area contributed by atoms with Gasteiger partial charge >= 0.3 is 0 Å². The van der Waals surface area contributed by atoms with Crippen LogP contribution in [-0.4, -0.2) is 62.2 Å². The van der Waals surface area contributed by atoms with Crippen LogP contribution in [0.2, 0.25) is 0 Å². The minimum atomic E-state index is 0.697. The summed E-state index contributed by atoms with van der Waals surface area (Å²) in [7, 11) is 4.51. The van der Waals surface area contributed by atoms with Crippen LogP contribution < -0.4 is 5.32 Å². The Morgan fingerprint density at radius 1 is 1.12 bits per heavy atom. The third-order valence-corrected chi connectivity index (χ3v) is 4.71. The quantitative estimate of drug-likeness (QED) is 0.803. The first-order valence-electron chi connectivity index (χ1n) is 7.29. The summed E-state index contributed by atoms with van der Waals surface area (Å²) in [6.07, 6.45) is 5.65. The predicted molar refractivity (Wildman–Crippen MR) is 73.3 cm³/mol. The Balaban J connectivity index is 1.76. The lowest BCUT2D eigenvalue weighted by Gasteiger charge is -2.39. The molecule has 2 fully saturated rings. The molecule has 1 N–H and O–H groups in total. The molecule has 1 aliphatic carbocycles. The molecule has 1 aliphatic heterocycles. The molecule has 2 aliphatic rings. The first kappa shape index (κ1) is 13.3. The van der Waals surface area contributed by atoms with Crippen molar-refractivity contribution in [1.29, 1.82) is 0 Å². The van der Waals surface area contributed by atoms with E-state index in [9.17, 15) is 0 Å². The second kappa shape index (κ2) is 6.17. The molecule has 0 spiro atoms. The standard InChI is InChI=1S/C14H29N3/c1-12-6-4-5-7-14(12)15-10-13-11-16(2)8-9-17(13)3/h12-15H,4-11H2,1-3H3. The largest absolute Gasteiger partial charge is 0.312 e. The Morgan fingerprint density at radius 2 is 1.88 bits per heavy atom. The van der Waals surface area contributed by atoms with Crippen LogP contribution in [-0.2, 0) is 0 Å². The minimum absolute atomic E-state index is 0.697. The third-order valence-electron chi connectivity index (χ3n) is 4.71. The number of piperazine rings is 1. The molecule has 1 saturated carbocycles. The van der Waals surface area contributed by atoms with Crippen molar-refractivity contribution in [2.24, 2.45) is 5.92 Å². The Hall–Kier alpha value is -0.120. The first-order valence-corrected chi connectivity index (χ1v) is 7.29. The maximum Gasteiger partial charge on any atom is 0.0345 e.